The summed E-state index contributed by atoms with van der Waals surface area (Å²) in [7, 11) is 0. The first kappa shape index (κ1) is 56.2. The molecule has 1 aromatic rings. The van der Waals surface area contributed by atoms with E-state index in [0.29, 0.717) is 18.5 Å². The van der Waals surface area contributed by atoms with E-state index in [9.17, 15) is 73.8 Å². The number of carboxylic acids is 1. The van der Waals surface area contributed by atoms with Crippen LogP contribution in [0.4, 0.5) is 0 Å². The van der Waals surface area contributed by atoms with E-state index in [1.165, 1.54) is 38.1 Å². The van der Waals surface area contributed by atoms with Crippen LogP contribution < -0.4 is 47.9 Å². The fourth-order valence-electron chi connectivity index (χ4n) is 6.64. The van der Waals surface area contributed by atoms with Crippen LogP contribution >= 0.6 is 0 Å². The zero-order valence-corrected chi connectivity index (χ0v) is 38.1. The maximum atomic E-state index is 14.1. The topological polar surface area (TPSA) is 383 Å². The lowest BCUT2D eigenvalue weighted by Crippen LogP contribution is -2.63. The molecule has 0 unspecified atom stereocenters. The quantitative estimate of drug-likeness (QED) is 0.0414. The minimum absolute atomic E-state index is 0.104. The zero-order valence-electron chi connectivity index (χ0n) is 38.1. The largest absolute Gasteiger partial charge is 0.508 e. The van der Waals surface area contributed by atoms with Crippen molar-refractivity contribution in [2.75, 3.05) is 19.7 Å². The van der Waals surface area contributed by atoms with E-state index in [2.05, 4.69) is 47.9 Å². The molecule has 1 saturated heterocycles. The summed E-state index contributed by atoms with van der Waals surface area (Å²) in [5.41, 5.74) is 0.415. The lowest BCUT2D eigenvalue weighted by molar-refractivity contribution is -0.144. The number of aliphatic carboxylic acids is 1. The molecular weight excluding hydrogens is 871 g/mol. The molecule has 2 rings (SSSR count). The van der Waals surface area contributed by atoms with Crippen LogP contribution in [0.15, 0.2) is 24.3 Å². The number of aliphatic hydroxyl groups is 4. The van der Waals surface area contributed by atoms with Gasteiger partial charge in [0, 0.05) is 6.42 Å². The van der Waals surface area contributed by atoms with Gasteiger partial charge in [0.1, 0.15) is 42.0 Å². The zero-order chi connectivity index (χ0) is 50.0. The standard InChI is InChI=1S/C42H67N9O15/c1-8-20(4)31(39(62)46-28(18-52)37(60)48-30(19(2)3)38(61)44-17-29(57)47-34(23(7)55)42(65)66)49-36(59)27(16-24-11-13-25(56)14-12-24)45-40(63)32(21(5)53)51-41(64)33(22(6)54)50-35(58)26-10-9-15-43-26/h11-14,19-23,26-28,30-34,43,52-56H,8-10,15-18H2,1-7H3,(H,44,61)(H,45,63)(H,46,62)(H,47,57)(H,48,60)(H,49,59)(H,50,58)(H,51,64)(H,65,66)/t20-,21+,22+,23+,26-,27-,28-,30-,31-,32-,33-,34-/m0/s1. The lowest BCUT2D eigenvalue weighted by Gasteiger charge is -2.30. The van der Waals surface area contributed by atoms with Crippen LogP contribution in [0.3, 0.4) is 0 Å². The number of hydrogen-bond donors (Lipinski definition) is 15. The molecule has 1 aromatic carbocycles. The van der Waals surface area contributed by atoms with Gasteiger partial charge in [0.05, 0.1) is 37.5 Å². The van der Waals surface area contributed by atoms with E-state index in [0.717, 1.165) is 13.3 Å². The minimum atomic E-state index is -1.74. The number of aromatic hydroxyl groups is 1. The molecule has 1 aliphatic rings. The Morgan fingerprint density at radius 2 is 1.14 bits per heavy atom. The molecule has 12 atom stereocenters. The third-order valence-corrected chi connectivity index (χ3v) is 10.9. The summed E-state index contributed by atoms with van der Waals surface area (Å²) in [4.78, 5) is 118. The summed E-state index contributed by atoms with van der Waals surface area (Å²) in [5.74, 6) is -10.3. The van der Waals surface area contributed by atoms with Crippen molar-refractivity contribution in [1.82, 2.24) is 47.9 Å². The highest BCUT2D eigenvalue weighted by Crippen LogP contribution is 2.14. The first-order valence-corrected chi connectivity index (χ1v) is 21.7. The van der Waals surface area contributed by atoms with Crippen LogP contribution in [0.5, 0.6) is 5.75 Å². The molecule has 24 nitrogen and oxygen atoms in total. The number of nitrogens with one attached hydrogen (secondary N) is 9. The van der Waals surface area contributed by atoms with Gasteiger partial charge in [0.25, 0.3) is 0 Å². The van der Waals surface area contributed by atoms with Crippen LogP contribution in [0.25, 0.3) is 0 Å². The van der Waals surface area contributed by atoms with Gasteiger partial charge in [0.15, 0.2) is 6.04 Å². The van der Waals surface area contributed by atoms with Crippen LogP contribution in [-0.4, -0.2) is 170 Å². The molecule has 0 aliphatic carbocycles. The Balaban J connectivity index is 2.30. The van der Waals surface area contributed by atoms with Crippen LogP contribution in [0.1, 0.15) is 73.3 Å². The van der Waals surface area contributed by atoms with Crippen LogP contribution in [0, 0.1) is 11.8 Å². The van der Waals surface area contributed by atoms with Crippen molar-refractivity contribution in [3.05, 3.63) is 29.8 Å². The Morgan fingerprint density at radius 1 is 0.636 bits per heavy atom. The Morgan fingerprint density at radius 3 is 1.64 bits per heavy atom. The van der Waals surface area contributed by atoms with Crippen LogP contribution in [0.2, 0.25) is 0 Å². The molecule has 0 aromatic heterocycles. The highest BCUT2D eigenvalue weighted by atomic mass is 16.4. The minimum Gasteiger partial charge on any atom is -0.508 e. The second-order valence-corrected chi connectivity index (χ2v) is 16.7. The maximum absolute atomic E-state index is 14.1. The average Bonchev–Trinajstić information content (AvgIpc) is 3.80. The molecule has 0 saturated carbocycles. The molecular formula is C42H67N9O15. The molecule has 66 heavy (non-hydrogen) atoms. The first-order valence-electron chi connectivity index (χ1n) is 21.7. The molecule has 0 bridgehead atoms. The van der Waals surface area contributed by atoms with Gasteiger partial charge in [0.2, 0.25) is 47.3 Å². The number of phenolic OH excluding ortho intramolecular Hbond substituents is 1. The summed E-state index contributed by atoms with van der Waals surface area (Å²) in [6.45, 7) is 8.84. The number of hydrogen-bond acceptors (Lipinski definition) is 15. The molecule has 15 N–H and O–H groups in total. The van der Waals surface area contributed by atoms with Gasteiger partial charge in [-0.1, -0.05) is 46.2 Å². The number of benzene rings is 1. The summed E-state index contributed by atoms with van der Waals surface area (Å²) < 4.78 is 0. The first-order chi connectivity index (χ1) is 30.9. The van der Waals surface area contributed by atoms with Gasteiger partial charge in [-0.2, -0.15) is 0 Å². The van der Waals surface area contributed by atoms with Crippen molar-refractivity contribution in [1.29, 1.82) is 0 Å². The van der Waals surface area contributed by atoms with Gasteiger partial charge in [-0.3, -0.25) is 38.4 Å². The van der Waals surface area contributed by atoms with E-state index in [-0.39, 0.29) is 18.6 Å². The maximum Gasteiger partial charge on any atom is 0.328 e. The Kier molecular flexibility index (Phi) is 22.9. The van der Waals surface area contributed by atoms with Gasteiger partial charge >= 0.3 is 5.97 Å². The van der Waals surface area contributed by atoms with Crippen molar-refractivity contribution in [2.45, 2.75) is 141 Å². The van der Waals surface area contributed by atoms with E-state index >= 15 is 0 Å². The SMILES string of the molecule is CC[C@H](C)[C@H](NC(=O)[C@H](Cc1ccc(O)cc1)NC(=O)[C@@H](NC(=O)[C@@H](NC(=O)[C@@H]1CCCN1)[C@@H](C)O)[C@@H](C)O)C(=O)N[C@@H](CO)C(=O)N[C@H](C(=O)NCC(=O)N[C@H](C(=O)O)[C@@H](C)O)C(C)C. The fraction of sp³-hybridized carbons (Fsp3) is 0.643. The average molecular weight is 938 g/mol. The number of carbonyl (C=O) groups is 9. The molecule has 24 heteroatoms. The van der Waals surface area contributed by atoms with Crippen molar-refractivity contribution in [3.63, 3.8) is 0 Å². The molecule has 1 aliphatic heterocycles. The lowest BCUT2D eigenvalue weighted by atomic mass is 9.96. The second-order valence-electron chi connectivity index (χ2n) is 16.7. The second kappa shape index (κ2) is 26.9. The molecule has 8 amide bonds. The monoisotopic (exact) mass is 937 g/mol. The number of aliphatic hydroxyl groups excluding tert-OH is 4. The smallest absolute Gasteiger partial charge is 0.328 e. The molecule has 370 valence electrons. The predicted molar refractivity (Wildman–Crippen MR) is 233 cm³/mol. The third kappa shape index (κ3) is 17.5. The van der Waals surface area contributed by atoms with E-state index in [4.69, 9.17) is 0 Å². The number of carboxylic acid groups (broad SMARTS) is 1. The summed E-state index contributed by atoms with van der Waals surface area (Å²) in [5, 5.41) is 81.8. The third-order valence-electron chi connectivity index (χ3n) is 10.9. The highest BCUT2D eigenvalue weighted by molar-refractivity contribution is 5.98. The summed E-state index contributed by atoms with van der Waals surface area (Å²) in [6, 6.07) is -5.92. The molecule has 1 fully saturated rings. The summed E-state index contributed by atoms with van der Waals surface area (Å²) in [6.07, 6.45) is -3.22. The predicted octanol–water partition coefficient (Wildman–Crippen LogP) is -4.88. The van der Waals surface area contributed by atoms with Gasteiger partial charge in [-0.05, 0) is 69.7 Å². The highest BCUT2D eigenvalue weighted by Gasteiger charge is 2.38. The van der Waals surface area contributed by atoms with E-state index in [1.807, 2.05) is 0 Å². The Bertz CT molecular complexity index is 1840. The molecule has 0 spiro atoms. The normalized spacial score (nSPS) is 18.5. The van der Waals surface area contributed by atoms with Crippen LogP contribution in [-0.2, 0) is 49.6 Å². The number of rotatable bonds is 26. The molecule has 1 heterocycles. The fourth-order valence-corrected chi connectivity index (χ4v) is 6.64. The van der Waals surface area contributed by atoms with E-state index in [1.54, 1.807) is 27.7 Å². The van der Waals surface area contributed by atoms with Crippen molar-refractivity contribution < 1.29 is 73.8 Å². The van der Waals surface area contributed by atoms with Gasteiger partial charge in [-0.15, -0.1) is 0 Å². The van der Waals surface area contributed by atoms with Crippen molar-refractivity contribution >= 4 is 53.2 Å². The Labute approximate surface area is 382 Å². The van der Waals surface area contributed by atoms with Gasteiger partial charge < -0.3 is 78.5 Å². The number of phenols is 1. The van der Waals surface area contributed by atoms with Gasteiger partial charge in [-0.25, -0.2) is 4.79 Å². The van der Waals surface area contributed by atoms with E-state index < -0.39 is 145 Å². The van der Waals surface area contributed by atoms with Crippen molar-refractivity contribution in [2.24, 2.45) is 11.8 Å². The molecule has 0 radical (unpaired) electrons. The number of amides is 8. The number of carbonyl (C=O) groups excluding carboxylic acids is 8. The summed E-state index contributed by atoms with van der Waals surface area (Å²) >= 11 is 0. The Hall–Kier alpha value is -5.95. The van der Waals surface area contributed by atoms with Crippen molar-refractivity contribution in [3.8, 4) is 5.75 Å².